The van der Waals surface area contributed by atoms with E-state index in [1.165, 1.54) is 0 Å². The number of rotatable bonds is 3. The minimum Gasteiger partial charge on any atom is -0.384 e. The van der Waals surface area contributed by atoms with Gasteiger partial charge in [-0.2, -0.15) is 4.98 Å². The van der Waals surface area contributed by atoms with Crippen molar-refractivity contribution in [2.24, 2.45) is 5.92 Å². The molecular weight excluding hydrogens is 180 g/mol. The van der Waals surface area contributed by atoms with Gasteiger partial charge in [0.25, 0.3) is 0 Å². The molecule has 0 aliphatic carbocycles. The normalized spacial score (nSPS) is 21.0. The number of ether oxygens (including phenoxy) is 1. The van der Waals surface area contributed by atoms with Gasteiger partial charge in [0.2, 0.25) is 5.95 Å². The molecule has 0 saturated carbocycles. The molecule has 1 unspecified atom stereocenters. The number of nitrogens with two attached hydrogens (primary N) is 1. The second-order valence-electron chi connectivity index (χ2n) is 3.42. The van der Waals surface area contributed by atoms with Gasteiger partial charge >= 0.3 is 0 Å². The molecule has 14 heavy (non-hydrogen) atoms. The predicted octanol–water partition coefficient (Wildman–Crippen LogP) is 0.507. The lowest BCUT2D eigenvalue weighted by Crippen LogP contribution is -2.15. The van der Waals surface area contributed by atoms with Crippen LogP contribution in [0.3, 0.4) is 0 Å². The molecule has 2 rings (SSSR count). The van der Waals surface area contributed by atoms with Crippen molar-refractivity contribution < 1.29 is 4.74 Å². The fourth-order valence-electron chi connectivity index (χ4n) is 1.44. The third-order valence-corrected chi connectivity index (χ3v) is 2.25. The van der Waals surface area contributed by atoms with E-state index >= 15 is 0 Å². The molecule has 76 valence electrons. The molecule has 0 radical (unpaired) electrons. The summed E-state index contributed by atoms with van der Waals surface area (Å²) in [5.74, 6) is 1.65. The Hall–Kier alpha value is -1.36. The molecule has 1 aromatic rings. The Bertz CT molecular complexity index is 299. The molecule has 1 aliphatic heterocycles. The topological polar surface area (TPSA) is 73.1 Å². The number of nitrogens with zero attached hydrogens (tertiary/aromatic N) is 2. The van der Waals surface area contributed by atoms with Crippen molar-refractivity contribution in [3.8, 4) is 0 Å². The van der Waals surface area contributed by atoms with E-state index in [9.17, 15) is 0 Å². The van der Waals surface area contributed by atoms with Crippen molar-refractivity contribution in [1.29, 1.82) is 0 Å². The molecule has 3 N–H and O–H groups in total. The minimum absolute atomic E-state index is 0.491. The van der Waals surface area contributed by atoms with Gasteiger partial charge < -0.3 is 15.8 Å². The van der Waals surface area contributed by atoms with Gasteiger partial charge in [0.15, 0.2) is 0 Å². The van der Waals surface area contributed by atoms with Crippen molar-refractivity contribution in [2.45, 2.75) is 6.42 Å². The van der Waals surface area contributed by atoms with Crippen LogP contribution in [0.1, 0.15) is 6.42 Å². The zero-order valence-corrected chi connectivity index (χ0v) is 7.94. The maximum absolute atomic E-state index is 5.53. The van der Waals surface area contributed by atoms with E-state index in [0.29, 0.717) is 17.7 Å². The Kier molecular flexibility index (Phi) is 2.78. The third-order valence-electron chi connectivity index (χ3n) is 2.25. The maximum atomic E-state index is 5.53. The summed E-state index contributed by atoms with van der Waals surface area (Å²) in [5.41, 5.74) is 5.53. The Morgan fingerprint density at radius 2 is 2.57 bits per heavy atom. The lowest BCUT2D eigenvalue weighted by atomic mass is 10.1. The number of nitrogen functional groups attached to an aromatic ring is 1. The van der Waals surface area contributed by atoms with Crippen molar-refractivity contribution in [2.75, 3.05) is 30.8 Å². The highest BCUT2D eigenvalue weighted by molar-refractivity contribution is 5.34. The maximum Gasteiger partial charge on any atom is 0.224 e. The quantitative estimate of drug-likeness (QED) is 0.733. The highest BCUT2D eigenvalue weighted by Gasteiger charge is 2.15. The first-order valence-corrected chi connectivity index (χ1v) is 4.75. The van der Waals surface area contributed by atoms with E-state index in [4.69, 9.17) is 10.5 Å². The number of hydrogen-bond donors (Lipinski definition) is 2. The van der Waals surface area contributed by atoms with Crippen LogP contribution in [0, 0.1) is 5.92 Å². The van der Waals surface area contributed by atoms with Gasteiger partial charge in [-0.3, -0.25) is 0 Å². The van der Waals surface area contributed by atoms with E-state index in [1.54, 1.807) is 12.3 Å². The zero-order valence-electron chi connectivity index (χ0n) is 7.94. The summed E-state index contributed by atoms with van der Waals surface area (Å²) in [5, 5.41) is 3.15. The van der Waals surface area contributed by atoms with Gasteiger partial charge in [-0.15, -0.1) is 0 Å². The van der Waals surface area contributed by atoms with Gasteiger partial charge in [0, 0.05) is 25.3 Å². The first-order chi connectivity index (χ1) is 6.84. The van der Waals surface area contributed by atoms with E-state index in [0.717, 1.165) is 26.2 Å². The van der Waals surface area contributed by atoms with Crippen LogP contribution in [-0.4, -0.2) is 29.7 Å². The molecule has 1 aliphatic rings. The van der Waals surface area contributed by atoms with Gasteiger partial charge in [-0.05, 0) is 12.5 Å². The summed E-state index contributed by atoms with van der Waals surface area (Å²) >= 11 is 0. The molecule has 0 spiro atoms. The number of nitrogens with one attached hydrogen (secondary N) is 1. The summed E-state index contributed by atoms with van der Waals surface area (Å²) in [4.78, 5) is 8.11. The molecule has 2 heterocycles. The van der Waals surface area contributed by atoms with Gasteiger partial charge in [0.1, 0.15) is 5.82 Å². The average Bonchev–Trinajstić information content (AvgIpc) is 2.67. The molecule has 1 aromatic heterocycles. The summed E-state index contributed by atoms with van der Waals surface area (Å²) in [7, 11) is 0. The standard InChI is InChI=1S/C9H14N4O/c10-8-1-3-11-9(13-8)12-5-7-2-4-14-6-7/h1,3,7H,2,4-6H2,(H3,10,11,12,13). The summed E-state index contributed by atoms with van der Waals surface area (Å²) in [6.45, 7) is 2.54. The first kappa shape index (κ1) is 9.21. The smallest absolute Gasteiger partial charge is 0.224 e. The lowest BCUT2D eigenvalue weighted by molar-refractivity contribution is 0.187. The number of anilines is 2. The summed E-state index contributed by atoms with van der Waals surface area (Å²) in [6, 6.07) is 1.67. The van der Waals surface area contributed by atoms with E-state index in [-0.39, 0.29) is 0 Å². The van der Waals surface area contributed by atoms with Crippen LogP contribution < -0.4 is 11.1 Å². The van der Waals surface area contributed by atoms with E-state index in [2.05, 4.69) is 15.3 Å². The molecule has 1 fully saturated rings. The fourth-order valence-corrected chi connectivity index (χ4v) is 1.44. The van der Waals surface area contributed by atoms with Crippen molar-refractivity contribution in [3.63, 3.8) is 0 Å². The molecule has 0 aromatic carbocycles. The Balaban J connectivity index is 1.85. The Morgan fingerprint density at radius 1 is 1.64 bits per heavy atom. The Morgan fingerprint density at radius 3 is 3.29 bits per heavy atom. The fraction of sp³-hybridized carbons (Fsp3) is 0.556. The Labute approximate surface area is 82.7 Å². The second kappa shape index (κ2) is 4.23. The lowest BCUT2D eigenvalue weighted by Gasteiger charge is -2.08. The van der Waals surface area contributed by atoms with Gasteiger partial charge in [-0.25, -0.2) is 4.98 Å². The third kappa shape index (κ3) is 2.32. The highest BCUT2D eigenvalue weighted by Crippen LogP contribution is 2.12. The van der Waals surface area contributed by atoms with Crippen LogP contribution in [0.5, 0.6) is 0 Å². The zero-order chi connectivity index (χ0) is 9.80. The SMILES string of the molecule is Nc1ccnc(NCC2CCOC2)n1. The summed E-state index contributed by atoms with van der Waals surface area (Å²) in [6.07, 6.45) is 2.76. The molecule has 0 bridgehead atoms. The molecule has 5 nitrogen and oxygen atoms in total. The van der Waals surface area contributed by atoms with Crippen LogP contribution in [0.15, 0.2) is 12.3 Å². The van der Waals surface area contributed by atoms with Crippen LogP contribution in [-0.2, 0) is 4.74 Å². The van der Waals surface area contributed by atoms with Gasteiger partial charge in [-0.1, -0.05) is 0 Å². The van der Waals surface area contributed by atoms with E-state index in [1.807, 2.05) is 0 Å². The molecule has 5 heteroatoms. The first-order valence-electron chi connectivity index (χ1n) is 4.75. The van der Waals surface area contributed by atoms with Crippen molar-refractivity contribution in [1.82, 2.24) is 9.97 Å². The average molecular weight is 194 g/mol. The largest absolute Gasteiger partial charge is 0.384 e. The van der Waals surface area contributed by atoms with Crippen molar-refractivity contribution in [3.05, 3.63) is 12.3 Å². The minimum atomic E-state index is 0.491. The molecular formula is C9H14N4O. The van der Waals surface area contributed by atoms with Crippen LogP contribution in [0.4, 0.5) is 11.8 Å². The van der Waals surface area contributed by atoms with Gasteiger partial charge in [0.05, 0.1) is 6.61 Å². The van der Waals surface area contributed by atoms with E-state index < -0.39 is 0 Å². The number of aromatic nitrogens is 2. The van der Waals surface area contributed by atoms with Crippen LogP contribution in [0.2, 0.25) is 0 Å². The molecule has 1 atom stereocenters. The molecule has 0 amide bonds. The highest BCUT2D eigenvalue weighted by atomic mass is 16.5. The molecule has 1 saturated heterocycles. The summed E-state index contributed by atoms with van der Waals surface area (Å²) < 4.78 is 5.26. The predicted molar refractivity (Wildman–Crippen MR) is 53.9 cm³/mol. The van der Waals surface area contributed by atoms with Crippen LogP contribution in [0.25, 0.3) is 0 Å². The van der Waals surface area contributed by atoms with Crippen LogP contribution >= 0.6 is 0 Å². The van der Waals surface area contributed by atoms with Crippen molar-refractivity contribution >= 4 is 11.8 Å². The number of hydrogen-bond acceptors (Lipinski definition) is 5. The monoisotopic (exact) mass is 194 g/mol. The second-order valence-corrected chi connectivity index (χ2v) is 3.42.